The Morgan fingerprint density at radius 2 is 1.85 bits per heavy atom. The molecule has 0 saturated carbocycles. The highest BCUT2D eigenvalue weighted by atomic mass is 16.6. The molecular weight excluding hydrogens is 496 g/mol. The Hall–Kier alpha value is -3.21. The second-order valence-corrected chi connectivity index (χ2v) is 11.1. The molecule has 39 heavy (non-hydrogen) atoms. The third-order valence-electron chi connectivity index (χ3n) is 8.55. The van der Waals surface area contributed by atoms with E-state index in [1.165, 1.54) is 0 Å². The molecule has 3 aromatic rings. The van der Waals surface area contributed by atoms with Crippen molar-refractivity contribution in [1.82, 2.24) is 24.4 Å². The van der Waals surface area contributed by atoms with Crippen LogP contribution in [0.15, 0.2) is 42.9 Å². The molecule has 10 heteroatoms. The van der Waals surface area contributed by atoms with Crippen LogP contribution in [0.2, 0.25) is 0 Å². The maximum Gasteiger partial charge on any atom is 0.410 e. The smallest absolute Gasteiger partial charge is 0.410 e. The number of pyridine rings is 1. The molecule has 6 heterocycles. The molecule has 0 aromatic carbocycles. The van der Waals surface area contributed by atoms with Gasteiger partial charge in [-0.3, -0.25) is 4.98 Å². The second-order valence-electron chi connectivity index (χ2n) is 11.1. The number of rotatable bonds is 6. The molecule has 3 fully saturated rings. The molecule has 0 radical (unpaired) electrons. The van der Waals surface area contributed by atoms with Gasteiger partial charge in [-0.05, 0) is 44.9 Å². The van der Waals surface area contributed by atoms with Gasteiger partial charge in [0, 0.05) is 82.1 Å². The lowest BCUT2D eigenvalue weighted by molar-refractivity contribution is -0.104. The maximum atomic E-state index is 12.4. The summed E-state index contributed by atoms with van der Waals surface area (Å²) >= 11 is 0. The lowest BCUT2D eigenvalue weighted by Gasteiger charge is -2.42. The highest BCUT2D eigenvalue weighted by Gasteiger charge is 2.37. The monoisotopic (exact) mass is 534 g/mol. The summed E-state index contributed by atoms with van der Waals surface area (Å²) in [6, 6.07) is 9.00. The standard InChI is InChI=1S/C29H38N6O4/c1-21(2)32-10-7-29(37-3,8-11-32)23-4-5-25(30-17-23)22-16-27-26(6-9-31-35(27)18-22)33-12-14-34(15-13-33)28(36)39-24-19-38-20-24/h4-6,9,16-18,21,24H,7-8,10-15,19-20H2,1-3H3. The second kappa shape index (κ2) is 10.7. The number of amides is 1. The summed E-state index contributed by atoms with van der Waals surface area (Å²) in [5.74, 6) is 0. The first-order valence-electron chi connectivity index (χ1n) is 14.0. The zero-order chi connectivity index (χ0) is 27.0. The van der Waals surface area contributed by atoms with Crippen molar-refractivity contribution in [2.45, 2.75) is 44.4 Å². The average molecular weight is 535 g/mol. The Morgan fingerprint density at radius 1 is 1.08 bits per heavy atom. The van der Waals surface area contributed by atoms with Crippen molar-refractivity contribution in [2.24, 2.45) is 0 Å². The van der Waals surface area contributed by atoms with Gasteiger partial charge in [0.25, 0.3) is 0 Å². The van der Waals surface area contributed by atoms with Gasteiger partial charge in [-0.1, -0.05) is 6.07 Å². The fraction of sp³-hybridized carbons (Fsp3) is 0.552. The number of hydrogen-bond donors (Lipinski definition) is 0. The molecule has 0 aliphatic carbocycles. The van der Waals surface area contributed by atoms with Crippen LogP contribution in [0.5, 0.6) is 0 Å². The molecule has 3 saturated heterocycles. The average Bonchev–Trinajstić information content (AvgIpc) is 3.40. The Morgan fingerprint density at radius 3 is 2.46 bits per heavy atom. The summed E-state index contributed by atoms with van der Waals surface area (Å²) in [5.41, 5.74) is 4.92. The van der Waals surface area contributed by atoms with E-state index in [2.05, 4.69) is 46.9 Å². The summed E-state index contributed by atoms with van der Waals surface area (Å²) in [5, 5.41) is 4.55. The molecule has 208 valence electrons. The quantitative estimate of drug-likeness (QED) is 0.476. The number of hydrogen-bond acceptors (Lipinski definition) is 8. The maximum absolute atomic E-state index is 12.4. The van der Waals surface area contributed by atoms with Gasteiger partial charge >= 0.3 is 6.09 Å². The van der Waals surface area contributed by atoms with Crippen LogP contribution >= 0.6 is 0 Å². The number of ether oxygens (including phenoxy) is 3. The molecule has 3 aliphatic heterocycles. The van der Waals surface area contributed by atoms with Crippen molar-refractivity contribution in [3.05, 3.63) is 48.4 Å². The van der Waals surface area contributed by atoms with Crippen LogP contribution in [0.25, 0.3) is 16.8 Å². The van der Waals surface area contributed by atoms with Crippen molar-refractivity contribution in [3.8, 4) is 11.3 Å². The highest BCUT2D eigenvalue weighted by molar-refractivity contribution is 5.79. The Labute approximate surface area is 229 Å². The SMILES string of the molecule is COC1(c2ccc(-c3cc4c(N5CCN(C(=O)OC6COC6)CC5)ccnn4c3)nc2)CCN(C(C)C)CC1. The van der Waals surface area contributed by atoms with E-state index in [1.54, 1.807) is 4.90 Å². The minimum atomic E-state index is -0.280. The first-order chi connectivity index (χ1) is 19.0. The predicted octanol–water partition coefficient (Wildman–Crippen LogP) is 3.40. The van der Waals surface area contributed by atoms with Crippen molar-refractivity contribution < 1.29 is 19.0 Å². The molecule has 0 atom stereocenters. The van der Waals surface area contributed by atoms with Crippen molar-refractivity contribution in [2.75, 3.05) is 64.5 Å². The number of piperazine rings is 1. The third kappa shape index (κ3) is 5.08. The molecular formula is C29H38N6O4. The minimum Gasteiger partial charge on any atom is -0.441 e. The van der Waals surface area contributed by atoms with E-state index in [0.717, 1.165) is 67.0 Å². The summed E-state index contributed by atoms with van der Waals surface area (Å²) < 4.78 is 18.6. The van der Waals surface area contributed by atoms with Crippen LogP contribution in [0.3, 0.4) is 0 Å². The van der Waals surface area contributed by atoms with Gasteiger partial charge in [-0.25, -0.2) is 9.31 Å². The minimum absolute atomic E-state index is 0.102. The van der Waals surface area contributed by atoms with Gasteiger partial charge in [-0.15, -0.1) is 0 Å². The number of piperidine rings is 1. The van der Waals surface area contributed by atoms with Crippen LogP contribution in [0.4, 0.5) is 10.5 Å². The lowest BCUT2D eigenvalue weighted by atomic mass is 9.84. The van der Waals surface area contributed by atoms with Crippen LogP contribution in [-0.4, -0.2) is 102 Å². The normalized spacial score (nSPS) is 20.4. The number of carbonyl (C=O) groups excluding carboxylic acids is 1. The Balaban J connectivity index is 1.16. The molecule has 3 aromatic heterocycles. The van der Waals surface area contributed by atoms with Crippen molar-refractivity contribution in [3.63, 3.8) is 0 Å². The molecule has 0 spiro atoms. The number of nitrogens with zero attached hydrogens (tertiary/aromatic N) is 6. The highest BCUT2D eigenvalue weighted by Crippen LogP contribution is 2.37. The molecule has 10 nitrogen and oxygen atoms in total. The molecule has 3 aliphatic rings. The summed E-state index contributed by atoms with van der Waals surface area (Å²) in [6.07, 6.45) is 7.42. The Bertz CT molecular complexity index is 1290. The molecule has 0 unspecified atom stereocenters. The van der Waals surface area contributed by atoms with E-state index in [-0.39, 0.29) is 17.8 Å². The lowest BCUT2D eigenvalue weighted by Crippen LogP contribution is -2.51. The van der Waals surface area contributed by atoms with Gasteiger partial charge < -0.3 is 28.9 Å². The van der Waals surface area contributed by atoms with E-state index < -0.39 is 0 Å². The first-order valence-corrected chi connectivity index (χ1v) is 14.0. The van der Waals surface area contributed by atoms with E-state index in [0.29, 0.717) is 32.3 Å². The summed E-state index contributed by atoms with van der Waals surface area (Å²) in [7, 11) is 1.82. The fourth-order valence-corrected chi connectivity index (χ4v) is 5.88. The number of anilines is 1. The van der Waals surface area contributed by atoms with E-state index in [4.69, 9.17) is 19.2 Å². The zero-order valence-corrected chi connectivity index (χ0v) is 23.1. The molecule has 1 amide bonds. The van der Waals surface area contributed by atoms with Crippen LogP contribution in [-0.2, 0) is 19.8 Å². The number of aromatic nitrogens is 3. The summed E-state index contributed by atoms with van der Waals surface area (Å²) in [6.45, 7) is 10.3. The number of fused-ring (bicyclic) bond motifs is 1. The van der Waals surface area contributed by atoms with Crippen molar-refractivity contribution >= 4 is 17.3 Å². The molecule has 0 bridgehead atoms. The van der Waals surface area contributed by atoms with Gasteiger partial charge in [0.15, 0.2) is 6.10 Å². The largest absolute Gasteiger partial charge is 0.441 e. The number of methoxy groups -OCH3 is 1. The van der Waals surface area contributed by atoms with Gasteiger partial charge in [0.1, 0.15) is 0 Å². The van der Waals surface area contributed by atoms with Gasteiger partial charge in [0.2, 0.25) is 0 Å². The first kappa shape index (κ1) is 26.0. The van der Waals surface area contributed by atoms with E-state index >= 15 is 0 Å². The van der Waals surface area contributed by atoms with Gasteiger partial charge in [0.05, 0.1) is 35.7 Å². The summed E-state index contributed by atoms with van der Waals surface area (Å²) in [4.78, 5) is 23.9. The number of likely N-dealkylation sites (tertiary alicyclic amines) is 1. The topological polar surface area (TPSA) is 84.7 Å². The zero-order valence-electron chi connectivity index (χ0n) is 23.1. The van der Waals surface area contributed by atoms with E-state index in [1.807, 2.05) is 36.3 Å². The molecule has 6 rings (SSSR count). The predicted molar refractivity (Wildman–Crippen MR) is 148 cm³/mol. The Kier molecular flexibility index (Phi) is 7.18. The van der Waals surface area contributed by atoms with Crippen LogP contribution in [0.1, 0.15) is 32.3 Å². The number of carbonyl (C=O) groups is 1. The fourth-order valence-electron chi connectivity index (χ4n) is 5.88. The van der Waals surface area contributed by atoms with Crippen LogP contribution in [0, 0.1) is 0 Å². The van der Waals surface area contributed by atoms with Gasteiger partial charge in [-0.2, -0.15) is 5.10 Å². The third-order valence-corrected chi connectivity index (χ3v) is 8.55. The molecule has 0 N–H and O–H groups in total. The van der Waals surface area contributed by atoms with Crippen molar-refractivity contribution in [1.29, 1.82) is 0 Å². The van der Waals surface area contributed by atoms with E-state index in [9.17, 15) is 4.79 Å². The van der Waals surface area contributed by atoms with Crippen LogP contribution < -0.4 is 4.90 Å².